The first-order valence-corrected chi connectivity index (χ1v) is 10.9. The van der Waals surface area contributed by atoms with Gasteiger partial charge in [-0.15, -0.1) is 0 Å². The maximum absolute atomic E-state index is 12.8. The molecular formula is C25H30N6O. The molecule has 4 rings (SSSR count). The zero-order chi connectivity index (χ0) is 22.7. The van der Waals surface area contributed by atoms with Crippen LogP contribution in [0.5, 0.6) is 0 Å². The molecule has 2 aromatic carbocycles. The molecule has 0 saturated carbocycles. The number of anilines is 4. The molecule has 1 fully saturated rings. The maximum atomic E-state index is 12.8. The smallest absolute Gasteiger partial charge is 0.321 e. The summed E-state index contributed by atoms with van der Waals surface area (Å²) in [6, 6.07) is 16.2. The molecule has 7 nitrogen and oxygen atoms in total. The number of urea groups is 1. The molecule has 0 radical (unpaired) electrons. The summed E-state index contributed by atoms with van der Waals surface area (Å²) in [7, 11) is 0. The number of nitrogens with zero attached hydrogens (tertiary/aromatic N) is 4. The number of nitrogens with one attached hydrogen (secondary N) is 2. The molecule has 1 aliphatic heterocycles. The Morgan fingerprint density at radius 1 is 0.844 bits per heavy atom. The fraction of sp³-hybridized carbons (Fsp3) is 0.320. The molecule has 7 heteroatoms. The Morgan fingerprint density at radius 3 is 2.25 bits per heavy atom. The molecule has 2 amide bonds. The summed E-state index contributed by atoms with van der Waals surface area (Å²) in [4.78, 5) is 26.1. The van der Waals surface area contributed by atoms with Crippen molar-refractivity contribution in [2.45, 2.75) is 27.7 Å². The van der Waals surface area contributed by atoms with Gasteiger partial charge in [-0.3, -0.25) is 0 Å². The average Bonchev–Trinajstić information content (AvgIpc) is 2.77. The third-order valence-electron chi connectivity index (χ3n) is 5.67. The number of amides is 2. The van der Waals surface area contributed by atoms with Gasteiger partial charge in [0.25, 0.3) is 0 Å². The van der Waals surface area contributed by atoms with E-state index in [2.05, 4.69) is 45.6 Å². The summed E-state index contributed by atoms with van der Waals surface area (Å²) in [6.07, 6.45) is 0. The van der Waals surface area contributed by atoms with Crippen LogP contribution >= 0.6 is 0 Å². The zero-order valence-corrected chi connectivity index (χ0v) is 19.1. The minimum absolute atomic E-state index is 0.0565. The van der Waals surface area contributed by atoms with Crippen LogP contribution in [-0.2, 0) is 0 Å². The number of hydrogen-bond donors (Lipinski definition) is 2. The summed E-state index contributed by atoms with van der Waals surface area (Å²) in [5.41, 5.74) is 6.13. The molecule has 0 unspecified atom stereocenters. The van der Waals surface area contributed by atoms with Gasteiger partial charge in [0.1, 0.15) is 5.82 Å². The fourth-order valence-corrected chi connectivity index (χ4v) is 3.74. The summed E-state index contributed by atoms with van der Waals surface area (Å²) < 4.78 is 0. The molecule has 2 heterocycles. The number of rotatable bonds is 4. The monoisotopic (exact) mass is 430 g/mol. The standard InChI is InChI=1S/C25H30N6O/c1-17-6-9-21(10-7-17)27-24-26-20(4)16-23(29-24)30-11-13-31(14-12-30)25(32)28-22-15-18(2)5-8-19(22)3/h5-10,15-16H,11-14H2,1-4H3,(H,28,32)(H,26,27,29). The number of carbonyl (C=O) groups is 1. The lowest BCUT2D eigenvalue weighted by Gasteiger charge is -2.35. The lowest BCUT2D eigenvalue weighted by molar-refractivity contribution is 0.208. The van der Waals surface area contributed by atoms with Crippen LogP contribution < -0.4 is 15.5 Å². The van der Waals surface area contributed by atoms with Gasteiger partial charge in [0.2, 0.25) is 5.95 Å². The first kappa shape index (κ1) is 21.6. The van der Waals surface area contributed by atoms with E-state index in [9.17, 15) is 4.79 Å². The van der Waals surface area contributed by atoms with E-state index in [-0.39, 0.29) is 6.03 Å². The molecular weight excluding hydrogens is 400 g/mol. The van der Waals surface area contributed by atoms with Gasteiger partial charge in [-0.2, -0.15) is 4.98 Å². The van der Waals surface area contributed by atoms with Crippen molar-refractivity contribution in [3.8, 4) is 0 Å². The Kier molecular flexibility index (Phi) is 6.25. The predicted molar refractivity (Wildman–Crippen MR) is 130 cm³/mol. The Labute approximate surface area is 189 Å². The molecule has 1 aliphatic rings. The highest BCUT2D eigenvalue weighted by Gasteiger charge is 2.23. The number of aryl methyl sites for hydroxylation is 4. The van der Waals surface area contributed by atoms with Crippen molar-refractivity contribution in [1.82, 2.24) is 14.9 Å². The van der Waals surface area contributed by atoms with Crippen LogP contribution in [0.3, 0.4) is 0 Å². The van der Waals surface area contributed by atoms with Crippen LogP contribution in [0.1, 0.15) is 22.4 Å². The molecule has 166 valence electrons. The minimum Gasteiger partial charge on any atom is -0.353 e. The summed E-state index contributed by atoms with van der Waals surface area (Å²) in [6.45, 7) is 10.8. The Bertz CT molecular complexity index is 1100. The van der Waals surface area contributed by atoms with Gasteiger partial charge < -0.3 is 20.4 Å². The highest BCUT2D eigenvalue weighted by atomic mass is 16.2. The lowest BCUT2D eigenvalue weighted by atomic mass is 10.1. The Hall–Kier alpha value is -3.61. The van der Waals surface area contributed by atoms with Gasteiger partial charge in [0.15, 0.2) is 0 Å². The number of hydrogen-bond acceptors (Lipinski definition) is 5. The molecule has 3 aromatic rings. The zero-order valence-electron chi connectivity index (χ0n) is 19.1. The number of aromatic nitrogens is 2. The Morgan fingerprint density at radius 2 is 1.53 bits per heavy atom. The molecule has 0 atom stereocenters. The van der Waals surface area contributed by atoms with Crippen LogP contribution in [0.25, 0.3) is 0 Å². The van der Waals surface area contributed by atoms with Crippen molar-refractivity contribution in [3.63, 3.8) is 0 Å². The minimum atomic E-state index is -0.0565. The van der Waals surface area contributed by atoms with E-state index in [0.717, 1.165) is 47.1 Å². The van der Waals surface area contributed by atoms with Gasteiger partial charge >= 0.3 is 6.03 Å². The van der Waals surface area contributed by atoms with E-state index in [1.165, 1.54) is 5.56 Å². The van der Waals surface area contributed by atoms with Crippen molar-refractivity contribution in [1.29, 1.82) is 0 Å². The summed E-state index contributed by atoms with van der Waals surface area (Å²) in [5, 5.41) is 6.35. The van der Waals surface area contributed by atoms with Crippen LogP contribution in [0, 0.1) is 27.7 Å². The molecule has 1 aromatic heterocycles. The maximum Gasteiger partial charge on any atom is 0.321 e. The molecule has 2 N–H and O–H groups in total. The van der Waals surface area contributed by atoms with E-state index in [4.69, 9.17) is 4.98 Å². The molecule has 0 spiro atoms. The second-order valence-electron chi connectivity index (χ2n) is 8.40. The van der Waals surface area contributed by atoms with Crippen molar-refractivity contribution in [2.75, 3.05) is 41.7 Å². The second kappa shape index (κ2) is 9.26. The quantitative estimate of drug-likeness (QED) is 0.622. The SMILES string of the molecule is Cc1ccc(Nc2nc(C)cc(N3CCN(C(=O)Nc4cc(C)ccc4C)CC3)n2)cc1. The Balaban J connectivity index is 1.39. The average molecular weight is 431 g/mol. The molecule has 32 heavy (non-hydrogen) atoms. The van der Waals surface area contributed by atoms with Gasteiger partial charge in [-0.05, 0) is 57.0 Å². The largest absolute Gasteiger partial charge is 0.353 e. The van der Waals surface area contributed by atoms with Gasteiger partial charge in [0, 0.05) is 49.3 Å². The van der Waals surface area contributed by atoms with Crippen LogP contribution in [0.2, 0.25) is 0 Å². The summed E-state index contributed by atoms with van der Waals surface area (Å²) in [5.74, 6) is 1.46. The third kappa shape index (κ3) is 5.17. The van der Waals surface area contributed by atoms with Crippen LogP contribution in [0.15, 0.2) is 48.5 Å². The molecule has 1 saturated heterocycles. The van der Waals surface area contributed by atoms with Crippen LogP contribution in [-0.4, -0.2) is 47.1 Å². The number of carbonyl (C=O) groups excluding carboxylic acids is 1. The van der Waals surface area contributed by atoms with E-state index in [1.807, 2.05) is 56.0 Å². The molecule has 0 aliphatic carbocycles. The number of benzene rings is 2. The molecule has 0 bridgehead atoms. The normalized spacial score (nSPS) is 13.8. The third-order valence-corrected chi connectivity index (χ3v) is 5.67. The van der Waals surface area contributed by atoms with Gasteiger partial charge in [0.05, 0.1) is 0 Å². The topological polar surface area (TPSA) is 73.4 Å². The summed E-state index contributed by atoms with van der Waals surface area (Å²) >= 11 is 0. The fourth-order valence-electron chi connectivity index (χ4n) is 3.74. The van der Waals surface area contributed by atoms with Gasteiger partial charge in [-0.25, -0.2) is 9.78 Å². The van der Waals surface area contributed by atoms with E-state index in [1.54, 1.807) is 0 Å². The highest BCUT2D eigenvalue weighted by Crippen LogP contribution is 2.21. The first-order chi connectivity index (χ1) is 15.4. The van der Waals surface area contributed by atoms with E-state index >= 15 is 0 Å². The van der Waals surface area contributed by atoms with Gasteiger partial charge in [-0.1, -0.05) is 29.8 Å². The van der Waals surface area contributed by atoms with Crippen molar-refractivity contribution >= 4 is 29.2 Å². The van der Waals surface area contributed by atoms with Crippen molar-refractivity contribution in [3.05, 3.63) is 70.9 Å². The van der Waals surface area contributed by atoms with E-state index < -0.39 is 0 Å². The van der Waals surface area contributed by atoms with E-state index in [0.29, 0.717) is 19.0 Å². The number of piperazine rings is 1. The van der Waals surface area contributed by atoms with Crippen LogP contribution in [0.4, 0.5) is 27.9 Å². The first-order valence-electron chi connectivity index (χ1n) is 10.9. The lowest BCUT2D eigenvalue weighted by Crippen LogP contribution is -2.50. The predicted octanol–water partition coefficient (Wildman–Crippen LogP) is 4.81. The van der Waals surface area contributed by atoms with Crippen molar-refractivity contribution in [2.24, 2.45) is 0 Å². The highest BCUT2D eigenvalue weighted by molar-refractivity contribution is 5.90. The van der Waals surface area contributed by atoms with Crippen molar-refractivity contribution < 1.29 is 4.79 Å². The second-order valence-corrected chi connectivity index (χ2v) is 8.40.